The van der Waals surface area contributed by atoms with E-state index in [1.807, 2.05) is 18.7 Å². The number of hydrogen-bond donors (Lipinski definition) is 1. The highest BCUT2D eigenvalue weighted by atomic mass is 16.5. The Morgan fingerprint density at radius 1 is 1.36 bits per heavy atom. The maximum atomic E-state index is 12.4. The summed E-state index contributed by atoms with van der Waals surface area (Å²) in [6, 6.07) is 0.714. The molecule has 0 saturated carbocycles. The van der Waals surface area contributed by atoms with E-state index >= 15 is 0 Å². The molecule has 1 aromatic rings. The lowest BCUT2D eigenvalue weighted by Crippen LogP contribution is -2.48. The molecule has 0 aromatic carbocycles. The van der Waals surface area contributed by atoms with Crippen LogP contribution in [0.2, 0.25) is 0 Å². The van der Waals surface area contributed by atoms with Crippen molar-refractivity contribution in [1.82, 2.24) is 20.0 Å². The quantitative estimate of drug-likeness (QED) is 0.878. The first kappa shape index (κ1) is 18.4. The van der Waals surface area contributed by atoms with Crippen molar-refractivity contribution in [3.63, 3.8) is 0 Å². The zero-order chi connectivity index (χ0) is 18.1. The van der Waals surface area contributed by atoms with E-state index in [1.54, 1.807) is 0 Å². The number of rotatable bonds is 5. The molecule has 2 fully saturated rings. The average molecular weight is 348 g/mol. The molecule has 0 bridgehead atoms. The second kappa shape index (κ2) is 7.46. The Morgan fingerprint density at radius 3 is 2.76 bits per heavy atom. The van der Waals surface area contributed by atoms with Gasteiger partial charge in [0.15, 0.2) is 0 Å². The molecular weight excluding hydrogens is 316 g/mol. The molecule has 2 aliphatic heterocycles. The molecule has 140 valence electrons. The van der Waals surface area contributed by atoms with Crippen LogP contribution in [-0.2, 0) is 23.0 Å². The summed E-state index contributed by atoms with van der Waals surface area (Å²) >= 11 is 0. The van der Waals surface area contributed by atoms with E-state index < -0.39 is 0 Å². The van der Waals surface area contributed by atoms with E-state index in [0.29, 0.717) is 24.5 Å². The van der Waals surface area contributed by atoms with Gasteiger partial charge in [0, 0.05) is 44.3 Å². The normalized spacial score (nSPS) is 26.9. The van der Waals surface area contributed by atoms with Crippen LogP contribution in [0, 0.1) is 19.8 Å². The summed E-state index contributed by atoms with van der Waals surface area (Å²) in [5.74, 6) is 0.689. The van der Waals surface area contributed by atoms with Gasteiger partial charge in [0.2, 0.25) is 5.91 Å². The predicted octanol–water partition coefficient (Wildman–Crippen LogP) is 1.58. The number of carbonyl (C=O) groups excluding carboxylic acids is 1. The first-order chi connectivity index (χ1) is 11.8. The number of fused-ring (bicyclic) bond motifs is 1. The molecule has 3 atom stereocenters. The lowest BCUT2D eigenvalue weighted by molar-refractivity contribution is -0.121. The molecule has 1 aromatic heterocycles. The van der Waals surface area contributed by atoms with Crippen molar-refractivity contribution in [2.45, 2.75) is 65.1 Å². The van der Waals surface area contributed by atoms with Gasteiger partial charge >= 0.3 is 0 Å². The molecule has 3 rings (SSSR count). The van der Waals surface area contributed by atoms with E-state index in [9.17, 15) is 4.79 Å². The molecule has 1 N–H and O–H groups in total. The van der Waals surface area contributed by atoms with E-state index in [4.69, 9.17) is 4.74 Å². The second-order valence-electron chi connectivity index (χ2n) is 8.00. The van der Waals surface area contributed by atoms with Crippen LogP contribution in [-0.4, -0.2) is 58.5 Å². The van der Waals surface area contributed by atoms with Crippen molar-refractivity contribution in [2.24, 2.45) is 13.0 Å². The van der Waals surface area contributed by atoms with Crippen LogP contribution in [0.4, 0.5) is 0 Å². The molecule has 6 nitrogen and oxygen atoms in total. The number of amides is 1. The highest BCUT2D eigenvalue weighted by Gasteiger charge is 2.38. The Bertz CT molecular complexity index is 625. The van der Waals surface area contributed by atoms with Gasteiger partial charge in [-0.2, -0.15) is 5.10 Å². The highest BCUT2D eigenvalue weighted by Crippen LogP contribution is 2.26. The number of nitrogens with one attached hydrogen (secondary N) is 1. The topological polar surface area (TPSA) is 59.4 Å². The predicted molar refractivity (Wildman–Crippen MR) is 97.5 cm³/mol. The fraction of sp³-hybridized carbons (Fsp3) is 0.789. The number of aromatic nitrogens is 2. The van der Waals surface area contributed by atoms with Crippen LogP contribution in [0.15, 0.2) is 0 Å². The summed E-state index contributed by atoms with van der Waals surface area (Å²) in [7, 11) is 1.95. The fourth-order valence-electron chi connectivity index (χ4n) is 4.13. The Kier molecular flexibility index (Phi) is 5.49. The van der Waals surface area contributed by atoms with Gasteiger partial charge in [0.1, 0.15) is 0 Å². The van der Waals surface area contributed by atoms with Gasteiger partial charge in [0.25, 0.3) is 0 Å². The molecule has 3 heterocycles. The lowest BCUT2D eigenvalue weighted by atomic mass is 10.0. The first-order valence-corrected chi connectivity index (χ1v) is 9.49. The minimum Gasteiger partial charge on any atom is -0.375 e. The molecule has 1 amide bonds. The summed E-state index contributed by atoms with van der Waals surface area (Å²) < 4.78 is 7.87. The highest BCUT2D eigenvalue weighted by molar-refractivity contribution is 5.76. The minimum absolute atomic E-state index is 0.147. The van der Waals surface area contributed by atoms with Gasteiger partial charge < -0.3 is 10.1 Å². The van der Waals surface area contributed by atoms with Crippen LogP contribution in [0.25, 0.3) is 0 Å². The Balaban J connectivity index is 1.48. The third kappa shape index (κ3) is 4.06. The zero-order valence-corrected chi connectivity index (χ0v) is 16.2. The number of morpholine rings is 1. The Hall–Kier alpha value is -1.40. The smallest absolute Gasteiger partial charge is 0.220 e. The molecular formula is C19H32N4O2. The van der Waals surface area contributed by atoms with Gasteiger partial charge in [-0.15, -0.1) is 0 Å². The maximum absolute atomic E-state index is 12.4. The Labute approximate surface area is 150 Å². The van der Waals surface area contributed by atoms with Crippen molar-refractivity contribution in [3.8, 4) is 0 Å². The molecule has 25 heavy (non-hydrogen) atoms. The van der Waals surface area contributed by atoms with Crippen molar-refractivity contribution in [3.05, 3.63) is 17.0 Å². The van der Waals surface area contributed by atoms with E-state index in [-0.39, 0.29) is 11.9 Å². The van der Waals surface area contributed by atoms with Crippen molar-refractivity contribution >= 4 is 5.91 Å². The zero-order valence-electron chi connectivity index (χ0n) is 16.2. The van der Waals surface area contributed by atoms with E-state index in [2.05, 4.69) is 36.1 Å². The van der Waals surface area contributed by atoms with Crippen LogP contribution < -0.4 is 5.32 Å². The van der Waals surface area contributed by atoms with Crippen molar-refractivity contribution in [2.75, 3.05) is 19.7 Å². The molecule has 2 saturated heterocycles. The van der Waals surface area contributed by atoms with E-state index in [0.717, 1.165) is 43.9 Å². The summed E-state index contributed by atoms with van der Waals surface area (Å²) in [6.07, 6.45) is 2.61. The maximum Gasteiger partial charge on any atom is 0.220 e. The first-order valence-electron chi connectivity index (χ1n) is 9.49. The number of nitrogens with zero attached hydrogens (tertiary/aromatic N) is 3. The summed E-state index contributed by atoms with van der Waals surface area (Å²) in [4.78, 5) is 14.9. The van der Waals surface area contributed by atoms with Crippen LogP contribution >= 0.6 is 0 Å². The summed E-state index contributed by atoms with van der Waals surface area (Å²) in [6.45, 7) is 11.2. The molecule has 0 aliphatic carbocycles. The Morgan fingerprint density at radius 2 is 2.12 bits per heavy atom. The number of hydrogen-bond acceptors (Lipinski definition) is 4. The molecule has 2 aliphatic rings. The van der Waals surface area contributed by atoms with Gasteiger partial charge in [-0.05, 0) is 38.2 Å². The molecule has 0 spiro atoms. The lowest BCUT2D eigenvalue weighted by Gasteiger charge is -2.36. The van der Waals surface area contributed by atoms with E-state index in [1.165, 1.54) is 5.56 Å². The molecule has 6 heteroatoms. The standard InChI is InChI=1S/C19H32N4O2/c1-12(2)18-10-23-9-15(8-16(23)11-25-18)20-19(24)7-6-17-13(3)21-22(5)14(17)4/h12,15-16,18H,6-11H2,1-5H3,(H,20,24)/t15-,16-,18-/m0/s1. The average Bonchev–Trinajstić information content (AvgIpc) is 3.05. The number of carbonyl (C=O) groups is 1. The van der Waals surface area contributed by atoms with Crippen molar-refractivity contribution < 1.29 is 9.53 Å². The van der Waals surface area contributed by atoms with Gasteiger partial charge in [-0.1, -0.05) is 13.8 Å². The fourth-order valence-corrected chi connectivity index (χ4v) is 4.13. The number of ether oxygens (including phenoxy) is 1. The monoisotopic (exact) mass is 348 g/mol. The van der Waals surface area contributed by atoms with Crippen LogP contribution in [0.1, 0.15) is 43.6 Å². The SMILES string of the molecule is Cc1nn(C)c(C)c1CCC(=O)N[C@H]1C[C@H]2CO[C@H](C(C)C)CN2C1. The summed E-state index contributed by atoms with van der Waals surface area (Å²) in [5.41, 5.74) is 3.39. The largest absolute Gasteiger partial charge is 0.375 e. The van der Waals surface area contributed by atoms with Gasteiger partial charge in [-0.25, -0.2) is 0 Å². The molecule has 0 radical (unpaired) electrons. The van der Waals surface area contributed by atoms with Crippen molar-refractivity contribution in [1.29, 1.82) is 0 Å². The van der Waals surface area contributed by atoms with Crippen LogP contribution in [0.3, 0.4) is 0 Å². The third-order valence-corrected chi connectivity index (χ3v) is 5.81. The van der Waals surface area contributed by atoms with Gasteiger partial charge in [-0.3, -0.25) is 14.4 Å². The van der Waals surface area contributed by atoms with Gasteiger partial charge in [0.05, 0.1) is 18.4 Å². The third-order valence-electron chi connectivity index (χ3n) is 5.81. The number of aryl methyl sites for hydroxylation is 2. The summed E-state index contributed by atoms with van der Waals surface area (Å²) in [5, 5.41) is 7.66. The minimum atomic E-state index is 0.147. The van der Waals surface area contributed by atoms with Crippen LogP contribution in [0.5, 0.6) is 0 Å². The molecule has 0 unspecified atom stereocenters. The second-order valence-corrected chi connectivity index (χ2v) is 8.00.